The number of carbonyl (C=O) groups is 2. The third-order valence-corrected chi connectivity index (χ3v) is 2.74. The molecular formula is C12H7Cl2N3O3. The molecule has 0 spiro atoms. The van der Waals surface area contributed by atoms with Gasteiger partial charge in [-0.3, -0.25) is 4.79 Å². The van der Waals surface area contributed by atoms with E-state index in [9.17, 15) is 9.59 Å². The molecule has 1 aromatic carbocycles. The predicted octanol–water partition coefficient (Wildman–Crippen LogP) is 2.73. The van der Waals surface area contributed by atoms with Gasteiger partial charge in [0.05, 0.1) is 23.6 Å². The van der Waals surface area contributed by atoms with Gasteiger partial charge >= 0.3 is 5.97 Å². The lowest BCUT2D eigenvalue weighted by molar-refractivity contribution is 0.0698. The zero-order valence-corrected chi connectivity index (χ0v) is 11.3. The molecule has 0 fully saturated rings. The van der Waals surface area contributed by atoms with E-state index in [0.717, 1.165) is 0 Å². The number of amides is 1. The Bertz CT molecular complexity index is 674. The number of anilines is 1. The summed E-state index contributed by atoms with van der Waals surface area (Å²) in [6, 6.07) is 4.06. The number of carbonyl (C=O) groups excluding carboxylic acids is 1. The van der Waals surface area contributed by atoms with E-state index in [1.165, 1.54) is 30.6 Å². The third kappa shape index (κ3) is 3.23. The van der Waals surface area contributed by atoms with Crippen LogP contribution in [0.4, 0.5) is 5.69 Å². The molecule has 2 rings (SSSR count). The SMILES string of the molecule is O=C(Nc1cc(Cl)ccc1C(=O)O)c1cnc(Cl)cn1. The molecule has 0 aliphatic rings. The number of benzene rings is 1. The van der Waals surface area contributed by atoms with Crippen LogP contribution in [0, 0.1) is 0 Å². The third-order valence-electron chi connectivity index (χ3n) is 2.31. The summed E-state index contributed by atoms with van der Waals surface area (Å²) in [7, 11) is 0. The number of carboxylic acids is 1. The Morgan fingerprint density at radius 2 is 1.90 bits per heavy atom. The van der Waals surface area contributed by atoms with Crippen molar-refractivity contribution in [2.24, 2.45) is 0 Å². The summed E-state index contributed by atoms with van der Waals surface area (Å²) in [6.07, 6.45) is 2.40. The van der Waals surface area contributed by atoms with Gasteiger partial charge in [0.25, 0.3) is 5.91 Å². The number of aromatic carboxylic acids is 1. The van der Waals surface area contributed by atoms with Crippen LogP contribution in [-0.4, -0.2) is 27.0 Å². The van der Waals surface area contributed by atoms with Crippen LogP contribution < -0.4 is 5.32 Å². The highest BCUT2D eigenvalue weighted by molar-refractivity contribution is 6.31. The van der Waals surface area contributed by atoms with Crippen molar-refractivity contribution in [2.45, 2.75) is 0 Å². The second-order valence-electron chi connectivity index (χ2n) is 3.67. The highest BCUT2D eigenvalue weighted by atomic mass is 35.5. The maximum absolute atomic E-state index is 11.9. The fraction of sp³-hybridized carbons (Fsp3) is 0. The second-order valence-corrected chi connectivity index (χ2v) is 4.50. The number of nitrogens with zero attached hydrogens (tertiary/aromatic N) is 2. The van der Waals surface area contributed by atoms with Crippen LogP contribution in [0.5, 0.6) is 0 Å². The summed E-state index contributed by atoms with van der Waals surface area (Å²) in [5, 5.41) is 11.9. The van der Waals surface area contributed by atoms with Gasteiger partial charge in [0, 0.05) is 5.02 Å². The zero-order valence-electron chi connectivity index (χ0n) is 9.80. The Morgan fingerprint density at radius 3 is 2.50 bits per heavy atom. The Hall–Kier alpha value is -2.18. The van der Waals surface area contributed by atoms with Crippen molar-refractivity contribution >= 4 is 40.8 Å². The molecule has 6 nitrogen and oxygen atoms in total. The van der Waals surface area contributed by atoms with E-state index in [2.05, 4.69) is 15.3 Å². The largest absolute Gasteiger partial charge is 0.478 e. The van der Waals surface area contributed by atoms with Crippen molar-refractivity contribution in [1.29, 1.82) is 0 Å². The number of hydrogen-bond donors (Lipinski definition) is 2. The molecule has 1 heterocycles. The van der Waals surface area contributed by atoms with E-state index in [1.807, 2.05) is 0 Å². The lowest BCUT2D eigenvalue weighted by atomic mass is 10.1. The van der Waals surface area contributed by atoms with E-state index in [4.69, 9.17) is 28.3 Å². The molecule has 0 bridgehead atoms. The van der Waals surface area contributed by atoms with Gasteiger partial charge in [-0.15, -0.1) is 0 Å². The van der Waals surface area contributed by atoms with Gasteiger partial charge < -0.3 is 10.4 Å². The summed E-state index contributed by atoms with van der Waals surface area (Å²) in [5.74, 6) is -1.79. The van der Waals surface area contributed by atoms with Gasteiger partial charge in [-0.05, 0) is 18.2 Å². The Balaban J connectivity index is 2.29. The molecule has 2 N–H and O–H groups in total. The van der Waals surface area contributed by atoms with E-state index >= 15 is 0 Å². The molecule has 1 amide bonds. The van der Waals surface area contributed by atoms with Gasteiger partial charge in [-0.25, -0.2) is 14.8 Å². The van der Waals surface area contributed by atoms with Crippen LogP contribution in [-0.2, 0) is 0 Å². The Kier molecular flexibility index (Phi) is 4.16. The van der Waals surface area contributed by atoms with Gasteiger partial charge in [0.15, 0.2) is 0 Å². The average molecular weight is 312 g/mol. The number of rotatable bonds is 3. The lowest BCUT2D eigenvalue weighted by Gasteiger charge is -2.08. The zero-order chi connectivity index (χ0) is 14.7. The molecule has 102 valence electrons. The molecule has 0 saturated carbocycles. The number of halogens is 2. The number of hydrogen-bond acceptors (Lipinski definition) is 4. The number of nitrogens with one attached hydrogen (secondary N) is 1. The van der Waals surface area contributed by atoms with E-state index < -0.39 is 11.9 Å². The smallest absolute Gasteiger partial charge is 0.337 e. The number of aromatic nitrogens is 2. The predicted molar refractivity (Wildman–Crippen MR) is 73.4 cm³/mol. The fourth-order valence-electron chi connectivity index (χ4n) is 1.42. The van der Waals surface area contributed by atoms with Crippen LogP contribution in [0.25, 0.3) is 0 Å². The standard InChI is InChI=1S/C12H7Cl2N3O3/c13-6-1-2-7(12(19)20)8(3-6)17-11(18)9-4-16-10(14)5-15-9/h1-5H,(H,17,18)(H,19,20). The minimum atomic E-state index is -1.18. The molecule has 1 aromatic heterocycles. The topological polar surface area (TPSA) is 92.2 Å². The average Bonchev–Trinajstić information content (AvgIpc) is 2.39. The van der Waals surface area contributed by atoms with Crippen LogP contribution in [0.15, 0.2) is 30.6 Å². The first-order valence-electron chi connectivity index (χ1n) is 5.29. The summed E-state index contributed by atoms with van der Waals surface area (Å²) >= 11 is 11.3. The van der Waals surface area contributed by atoms with Crippen molar-refractivity contribution in [1.82, 2.24) is 9.97 Å². The maximum Gasteiger partial charge on any atom is 0.337 e. The molecule has 0 saturated heterocycles. The van der Waals surface area contributed by atoms with Gasteiger partial charge in [0.2, 0.25) is 0 Å². The molecule has 0 aliphatic carbocycles. The molecule has 0 atom stereocenters. The highest BCUT2D eigenvalue weighted by Crippen LogP contribution is 2.21. The maximum atomic E-state index is 11.9. The minimum absolute atomic E-state index is 0.00529. The minimum Gasteiger partial charge on any atom is -0.478 e. The van der Waals surface area contributed by atoms with Crippen molar-refractivity contribution in [2.75, 3.05) is 5.32 Å². The van der Waals surface area contributed by atoms with Gasteiger partial charge in [-0.2, -0.15) is 0 Å². The van der Waals surface area contributed by atoms with Crippen molar-refractivity contribution in [3.63, 3.8) is 0 Å². The summed E-state index contributed by atoms with van der Waals surface area (Å²) in [6.45, 7) is 0. The fourth-order valence-corrected chi connectivity index (χ4v) is 1.69. The monoisotopic (exact) mass is 311 g/mol. The van der Waals surface area contributed by atoms with Crippen molar-refractivity contribution in [3.8, 4) is 0 Å². The first-order valence-corrected chi connectivity index (χ1v) is 6.04. The van der Waals surface area contributed by atoms with Crippen LogP contribution in [0.1, 0.15) is 20.8 Å². The summed E-state index contributed by atoms with van der Waals surface area (Å²) in [4.78, 5) is 30.5. The van der Waals surface area contributed by atoms with Gasteiger partial charge in [-0.1, -0.05) is 23.2 Å². The summed E-state index contributed by atoms with van der Waals surface area (Å²) in [5.41, 5.74) is 0.00198. The molecule has 2 aromatic rings. The normalized spacial score (nSPS) is 10.1. The summed E-state index contributed by atoms with van der Waals surface area (Å²) < 4.78 is 0. The first-order chi connectivity index (χ1) is 9.47. The molecule has 8 heteroatoms. The lowest BCUT2D eigenvalue weighted by Crippen LogP contribution is -2.16. The molecule has 20 heavy (non-hydrogen) atoms. The quantitative estimate of drug-likeness (QED) is 0.909. The van der Waals surface area contributed by atoms with Crippen molar-refractivity contribution < 1.29 is 14.7 Å². The Labute approximate surface area is 123 Å². The first kappa shape index (κ1) is 14.2. The molecule has 0 radical (unpaired) electrons. The van der Waals surface area contributed by atoms with E-state index in [-0.39, 0.29) is 22.1 Å². The highest BCUT2D eigenvalue weighted by Gasteiger charge is 2.15. The van der Waals surface area contributed by atoms with E-state index in [1.54, 1.807) is 0 Å². The number of carboxylic acid groups (broad SMARTS) is 1. The second kappa shape index (κ2) is 5.85. The van der Waals surface area contributed by atoms with Crippen LogP contribution in [0.3, 0.4) is 0 Å². The van der Waals surface area contributed by atoms with Crippen LogP contribution >= 0.6 is 23.2 Å². The van der Waals surface area contributed by atoms with Crippen molar-refractivity contribution in [3.05, 3.63) is 52.0 Å². The van der Waals surface area contributed by atoms with E-state index in [0.29, 0.717) is 5.02 Å². The molecule has 0 unspecified atom stereocenters. The molecular weight excluding hydrogens is 305 g/mol. The van der Waals surface area contributed by atoms with Crippen LogP contribution in [0.2, 0.25) is 10.2 Å². The van der Waals surface area contributed by atoms with Gasteiger partial charge in [0.1, 0.15) is 10.8 Å². The molecule has 0 aliphatic heterocycles. The Morgan fingerprint density at radius 1 is 1.15 bits per heavy atom.